The van der Waals surface area contributed by atoms with Crippen molar-refractivity contribution < 1.29 is 4.79 Å². The average molecular weight is 309 g/mol. The van der Waals surface area contributed by atoms with Crippen LogP contribution in [-0.4, -0.2) is 37.0 Å². The highest BCUT2D eigenvalue weighted by Crippen LogP contribution is 2.28. The van der Waals surface area contributed by atoms with Crippen LogP contribution in [0.5, 0.6) is 0 Å². The highest BCUT2D eigenvalue weighted by atomic mass is 79.9. The minimum absolute atomic E-state index is 0.189. The number of amides is 1. The van der Waals surface area contributed by atoms with Gasteiger partial charge in [0.1, 0.15) is 0 Å². The molecule has 2 heterocycles. The first-order valence-corrected chi connectivity index (χ1v) is 7.20. The van der Waals surface area contributed by atoms with Crippen LogP contribution in [0.3, 0.4) is 0 Å². The molecule has 2 saturated heterocycles. The molecular formula is C14H17BrN2O. The Kier molecular flexibility index (Phi) is 3.16. The Labute approximate surface area is 116 Å². The van der Waals surface area contributed by atoms with Crippen molar-refractivity contribution in [3.63, 3.8) is 0 Å². The molecule has 2 aliphatic rings. The number of hydrogen-bond donors (Lipinski definition) is 1. The predicted octanol–water partition coefficient (Wildman–Crippen LogP) is 2.05. The second-order valence-corrected chi connectivity index (χ2v) is 6.26. The molecule has 1 aromatic carbocycles. The van der Waals surface area contributed by atoms with Crippen LogP contribution in [0.1, 0.15) is 15.9 Å². The molecule has 2 atom stereocenters. The third-order valence-corrected chi connectivity index (χ3v) is 4.59. The predicted molar refractivity (Wildman–Crippen MR) is 74.6 cm³/mol. The smallest absolute Gasteiger partial charge is 0.254 e. The summed E-state index contributed by atoms with van der Waals surface area (Å²) >= 11 is 3.44. The quantitative estimate of drug-likeness (QED) is 0.861. The van der Waals surface area contributed by atoms with Crippen molar-refractivity contribution >= 4 is 21.8 Å². The van der Waals surface area contributed by atoms with Crippen molar-refractivity contribution in [2.45, 2.75) is 6.92 Å². The molecule has 96 valence electrons. The molecular weight excluding hydrogens is 292 g/mol. The molecule has 0 spiro atoms. The maximum absolute atomic E-state index is 12.5. The Bertz CT molecular complexity index is 477. The summed E-state index contributed by atoms with van der Waals surface area (Å²) < 4.78 is 1.03. The summed E-state index contributed by atoms with van der Waals surface area (Å²) in [6.45, 7) is 5.94. The second-order valence-electron chi connectivity index (χ2n) is 5.35. The maximum Gasteiger partial charge on any atom is 0.254 e. The summed E-state index contributed by atoms with van der Waals surface area (Å²) in [5.41, 5.74) is 1.88. The average Bonchev–Trinajstić information content (AvgIpc) is 2.87. The summed E-state index contributed by atoms with van der Waals surface area (Å²) in [6.07, 6.45) is 0. The van der Waals surface area contributed by atoms with Crippen molar-refractivity contribution in [1.29, 1.82) is 0 Å². The van der Waals surface area contributed by atoms with E-state index in [0.717, 1.165) is 41.8 Å². The fourth-order valence-electron chi connectivity index (χ4n) is 3.06. The highest BCUT2D eigenvalue weighted by molar-refractivity contribution is 9.10. The number of aryl methyl sites for hydroxylation is 1. The second kappa shape index (κ2) is 4.67. The molecule has 0 aromatic heterocycles. The van der Waals surface area contributed by atoms with Gasteiger partial charge in [0.15, 0.2) is 0 Å². The topological polar surface area (TPSA) is 32.3 Å². The lowest BCUT2D eigenvalue weighted by atomic mass is 10.0. The van der Waals surface area contributed by atoms with E-state index in [1.165, 1.54) is 0 Å². The van der Waals surface area contributed by atoms with Gasteiger partial charge >= 0.3 is 0 Å². The van der Waals surface area contributed by atoms with Crippen molar-refractivity contribution in [3.8, 4) is 0 Å². The minimum atomic E-state index is 0.189. The van der Waals surface area contributed by atoms with E-state index in [-0.39, 0.29) is 5.91 Å². The van der Waals surface area contributed by atoms with Crippen LogP contribution >= 0.6 is 15.9 Å². The fourth-order valence-corrected chi connectivity index (χ4v) is 3.53. The van der Waals surface area contributed by atoms with Crippen molar-refractivity contribution in [3.05, 3.63) is 33.8 Å². The summed E-state index contributed by atoms with van der Waals surface area (Å²) in [5.74, 6) is 1.50. The Morgan fingerprint density at radius 3 is 2.61 bits per heavy atom. The maximum atomic E-state index is 12.5. The van der Waals surface area contributed by atoms with Gasteiger partial charge in [-0.25, -0.2) is 0 Å². The molecule has 2 aliphatic heterocycles. The molecule has 0 radical (unpaired) electrons. The van der Waals surface area contributed by atoms with Crippen molar-refractivity contribution in [2.75, 3.05) is 26.2 Å². The number of likely N-dealkylation sites (tertiary alicyclic amines) is 1. The summed E-state index contributed by atoms with van der Waals surface area (Å²) in [6, 6.07) is 5.87. The minimum Gasteiger partial charge on any atom is -0.338 e. The zero-order chi connectivity index (χ0) is 12.7. The third kappa shape index (κ3) is 2.08. The number of nitrogens with one attached hydrogen (secondary N) is 1. The van der Waals surface area contributed by atoms with Gasteiger partial charge in [-0.05, 0) is 42.5 Å². The van der Waals surface area contributed by atoms with Gasteiger partial charge in [-0.1, -0.05) is 15.9 Å². The molecule has 1 N–H and O–H groups in total. The highest BCUT2D eigenvalue weighted by Gasteiger charge is 2.38. The normalized spacial score (nSPS) is 26.4. The molecule has 2 fully saturated rings. The van der Waals surface area contributed by atoms with Crippen LogP contribution in [0.25, 0.3) is 0 Å². The van der Waals surface area contributed by atoms with Gasteiger partial charge in [-0.15, -0.1) is 0 Å². The Morgan fingerprint density at radius 1 is 1.33 bits per heavy atom. The van der Waals surface area contributed by atoms with Crippen LogP contribution in [0.4, 0.5) is 0 Å². The molecule has 0 aliphatic carbocycles. The number of carbonyl (C=O) groups excluding carboxylic acids is 1. The van der Waals surface area contributed by atoms with E-state index < -0.39 is 0 Å². The molecule has 4 heteroatoms. The lowest BCUT2D eigenvalue weighted by Crippen LogP contribution is -2.32. The van der Waals surface area contributed by atoms with E-state index in [2.05, 4.69) is 21.2 Å². The number of nitrogens with zero attached hydrogens (tertiary/aromatic N) is 1. The first-order chi connectivity index (χ1) is 8.65. The summed E-state index contributed by atoms with van der Waals surface area (Å²) in [5, 5.41) is 3.40. The monoisotopic (exact) mass is 308 g/mol. The van der Waals surface area contributed by atoms with E-state index in [1.807, 2.05) is 30.0 Å². The number of benzene rings is 1. The zero-order valence-electron chi connectivity index (χ0n) is 10.4. The van der Waals surface area contributed by atoms with Crippen LogP contribution in [0.15, 0.2) is 22.7 Å². The van der Waals surface area contributed by atoms with E-state index in [0.29, 0.717) is 11.8 Å². The van der Waals surface area contributed by atoms with Gasteiger partial charge in [0.05, 0.1) is 0 Å². The van der Waals surface area contributed by atoms with Gasteiger partial charge in [0.2, 0.25) is 0 Å². The van der Waals surface area contributed by atoms with Crippen LogP contribution < -0.4 is 5.32 Å². The fraction of sp³-hybridized carbons (Fsp3) is 0.500. The lowest BCUT2D eigenvalue weighted by molar-refractivity contribution is 0.0781. The van der Waals surface area contributed by atoms with Gasteiger partial charge in [0, 0.05) is 36.2 Å². The standard InChI is InChI=1S/C14H17BrN2O/c1-9-4-12(15)2-3-13(9)14(18)17-7-10-5-16-6-11(10)8-17/h2-4,10-11,16H,5-8H2,1H3/t10-,11+. The van der Waals surface area contributed by atoms with Gasteiger partial charge in [-0.3, -0.25) is 4.79 Å². The molecule has 1 aromatic rings. The molecule has 1 amide bonds. The molecule has 0 bridgehead atoms. The Balaban J connectivity index is 1.79. The van der Waals surface area contributed by atoms with Crippen molar-refractivity contribution in [1.82, 2.24) is 10.2 Å². The van der Waals surface area contributed by atoms with Gasteiger partial charge < -0.3 is 10.2 Å². The number of carbonyl (C=O) groups is 1. The lowest BCUT2D eigenvalue weighted by Gasteiger charge is -2.18. The van der Waals surface area contributed by atoms with Gasteiger partial charge in [0.25, 0.3) is 5.91 Å². The summed E-state index contributed by atoms with van der Waals surface area (Å²) in [7, 11) is 0. The summed E-state index contributed by atoms with van der Waals surface area (Å²) in [4.78, 5) is 14.5. The largest absolute Gasteiger partial charge is 0.338 e. The third-order valence-electron chi connectivity index (χ3n) is 4.10. The number of halogens is 1. The van der Waals surface area contributed by atoms with Crippen LogP contribution in [-0.2, 0) is 0 Å². The number of rotatable bonds is 1. The van der Waals surface area contributed by atoms with Crippen molar-refractivity contribution in [2.24, 2.45) is 11.8 Å². The molecule has 3 nitrogen and oxygen atoms in total. The van der Waals surface area contributed by atoms with E-state index >= 15 is 0 Å². The van der Waals surface area contributed by atoms with E-state index in [4.69, 9.17) is 0 Å². The molecule has 0 unspecified atom stereocenters. The number of hydrogen-bond acceptors (Lipinski definition) is 2. The number of fused-ring (bicyclic) bond motifs is 1. The SMILES string of the molecule is Cc1cc(Br)ccc1C(=O)N1C[C@H]2CNC[C@H]2C1. The van der Waals surface area contributed by atoms with Crippen LogP contribution in [0.2, 0.25) is 0 Å². The Morgan fingerprint density at radius 2 is 2.00 bits per heavy atom. The van der Waals surface area contributed by atoms with Gasteiger partial charge in [-0.2, -0.15) is 0 Å². The van der Waals surface area contributed by atoms with E-state index in [9.17, 15) is 4.79 Å². The Hall–Kier alpha value is -0.870. The first-order valence-electron chi connectivity index (χ1n) is 6.41. The van der Waals surface area contributed by atoms with Crippen LogP contribution in [0, 0.1) is 18.8 Å². The molecule has 18 heavy (non-hydrogen) atoms. The zero-order valence-corrected chi connectivity index (χ0v) is 12.0. The molecule has 3 rings (SSSR count). The van der Waals surface area contributed by atoms with E-state index in [1.54, 1.807) is 0 Å². The molecule has 0 saturated carbocycles. The first kappa shape index (κ1) is 12.2.